The molecule has 0 amide bonds. The second-order valence-corrected chi connectivity index (χ2v) is 5.57. The monoisotopic (exact) mass is 322 g/mol. The highest BCUT2D eigenvalue weighted by Gasteiger charge is 2.07. The number of fused-ring (bicyclic) bond motifs is 1. The minimum absolute atomic E-state index is 0.238. The van der Waals surface area contributed by atoms with Gasteiger partial charge in [0.25, 0.3) is 0 Å². The highest BCUT2D eigenvalue weighted by Crippen LogP contribution is 2.18. The number of hydrogen-bond acceptors (Lipinski definition) is 4. The highest BCUT2D eigenvalue weighted by molar-refractivity contribution is 5.76. The van der Waals surface area contributed by atoms with E-state index in [2.05, 4.69) is 20.4 Å². The van der Waals surface area contributed by atoms with Crippen LogP contribution in [-0.4, -0.2) is 24.3 Å². The van der Waals surface area contributed by atoms with Crippen molar-refractivity contribution >= 4 is 22.7 Å². The molecule has 120 valence electrons. The molecular weight excluding hydrogens is 307 g/mol. The Balaban J connectivity index is 1.65. The van der Waals surface area contributed by atoms with Crippen LogP contribution in [0.4, 0.5) is 16.0 Å². The van der Waals surface area contributed by atoms with Crippen LogP contribution in [0.1, 0.15) is 5.56 Å². The lowest BCUT2D eigenvalue weighted by molar-refractivity contribution is 0.624. The Morgan fingerprint density at radius 2 is 2.12 bits per heavy atom. The maximum Gasteiger partial charge on any atom is 0.229 e. The van der Waals surface area contributed by atoms with Crippen LogP contribution in [0.25, 0.3) is 11.0 Å². The molecule has 3 heterocycles. The topological polar surface area (TPSA) is 60.6 Å². The third kappa shape index (κ3) is 2.83. The van der Waals surface area contributed by atoms with Gasteiger partial charge in [-0.05, 0) is 23.8 Å². The quantitative estimate of drug-likeness (QED) is 0.627. The van der Waals surface area contributed by atoms with Crippen LogP contribution in [-0.2, 0) is 13.6 Å². The van der Waals surface area contributed by atoms with E-state index in [1.54, 1.807) is 23.1 Å². The van der Waals surface area contributed by atoms with E-state index in [0.717, 1.165) is 22.3 Å². The molecule has 0 fully saturated rings. The number of nitrogens with one attached hydrogen (secondary N) is 1. The Bertz CT molecular complexity index is 1000. The summed E-state index contributed by atoms with van der Waals surface area (Å²) < 4.78 is 17.0. The van der Waals surface area contributed by atoms with Crippen molar-refractivity contribution in [3.63, 3.8) is 0 Å². The zero-order valence-electron chi connectivity index (χ0n) is 13.0. The summed E-state index contributed by atoms with van der Waals surface area (Å²) in [6.07, 6.45) is 7.25. The first-order valence-corrected chi connectivity index (χ1v) is 7.49. The van der Waals surface area contributed by atoms with E-state index in [4.69, 9.17) is 0 Å². The summed E-state index contributed by atoms with van der Waals surface area (Å²) in [6.45, 7) is 0.546. The maximum atomic E-state index is 13.4. The number of rotatable bonds is 4. The molecular formula is C17H15FN6. The van der Waals surface area contributed by atoms with Crippen molar-refractivity contribution in [2.45, 2.75) is 6.54 Å². The van der Waals surface area contributed by atoms with Crippen LogP contribution < -0.4 is 5.32 Å². The summed E-state index contributed by atoms with van der Waals surface area (Å²) in [5.74, 6) is 0.257. The molecule has 4 rings (SSSR count). The van der Waals surface area contributed by atoms with Gasteiger partial charge < -0.3 is 9.88 Å². The Morgan fingerprint density at radius 1 is 1.21 bits per heavy atom. The fourth-order valence-corrected chi connectivity index (χ4v) is 2.61. The second-order valence-electron chi connectivity index (χ2n) is 5.57. The summed E-state index contributed by atoms with van der Waals surface area (Å²) in [4.78, 5) is 8.88. The van der Waals surface area contributed by atoms with Gasteiger partial charge in [0.05, 0.1) is 11.9 Å². The third-order valence-corrected chi connectivity index (χ3v) is 3.70. The molecule has 0 aliphatic carbocycles. The summed E-state index contributed by atoms with van der Waals surface area (Å²) in [5, 5.41) is 8.17. The predicted molar refractivity (Wildman–Crippen MR) is 89.5 cm³/mol. The van der Waals surface area contributed by atoms with Gasteiger partial charge in [0, 0.05) is 37.6 Å². The Kier molecular flexibility index (Phi) is 3.45. The van der Waals surface area contributed by atoms with Gasteiger partial charge in [-0.15, -0.1) is 0 Å². The molecule has 0 unspecified atom stereocenters. The minimum atomic E-state index is -0.238. The number of nitrogens with zero attached hydrogens (tertiary/aromatic N) is 5. The van der Waals surface area contributed by atoms with E-state index in [0.29, 0.717) is 12.5 Å². The lowest BCUT2D eigenvalue weighted by Gasteiger charge is -2.07. The van der Waals surface area contributed by atoms with Crippen LogP contribution in [0.5, 0.6) is 0 Å². The van der Waals surface area contributed by atoms with Crippen LogP contribution in [0.2, 0.25) is 0 Å². The molecule has 0 spiro atoms. The van der Waals surface area contributed by atoms with Gasteiger partial charge in [0.1, 0.15) is 11.5 Å². The van der Waals surface area contributed by atoms with Gasteiger partial charge in [-0.1, -0.05) is 12.1 Å². The second kappa shape index (κ2) is 5.77. The maximum absolute atomic E-state index is 13.4. The minimum Gasteiger partial charge on any atom is -0.328 e. The van der Waals surface area contributed by atoms with Gasteiger partial charge >= 0.3 is 0 Å². The molecule has 0 radical (unpaired) electrons. The molecule has 24 heavy (non-hydrogen) atoms. The van der Waals surface area contributed by atoms with E-state index in [1.807, 2.05) is 36.1 Å². The van der Waals surface area contributed by atoms with Crippen LogP contribution in [0.3, 0.4) is 0 Å². The number of anilines is 2. The molecule has 4 aromatic rings. The van der Waals surface area contributed by atoms with E-state index in [9.17, 15) is 4.39 Å². The SMILES string of the molecule is Cn1cc(Nc2ncc3ccn(Cc4cccc(F)c4)c3n2)cn1. The number of benzene rings is 1. The number of aryl methyl sites for hydroxylation is 1. The van der Waals surface area contributed by atoms with Crippen molar-refractivity contribution in [3.05, 3.63) is 66.5 Å². The van der Waals surface area contributed by atoms with Crippen molar-refractivity contribution in [2.24, 2.45) is 7.05 Å². The first-order valence-electron chi connectivity index (χ1n) is 7.49. The lowest BCUT2D eigenvalue weighted by Crippen LogP contribution is -2.02. The first kappa shape index (κ1) is 14.4. The average molecular weight is 322 g/mol. The highest BCUT2D eigenvalue weighted by atomic mass is 19.1. The van der Waals surface area contributed by atoms with Gasteiger partial charge in [0.2, 0.25) is 5.95 Å². The number of aromatic nitrogens is 5. The largest absolute Gasteiger partial charge is 0.328 e. The summed E-state index contributed by atoms with van der Waals surface area (Å²) in [7, 11) is 1.85. The molecule has 7 heteroatoms. The smallest absolute Gasteiger partial charge is 0.229 e. The van der Waals surface area contributed by atoms with Gasteiger partial charge in [-0.2, -0.15) is 10.1 Å². The molecule has 0 atom stereocenters. The number of halogens is 1. The van der Waals surface area contributed by atoms with E-state index in [-0.39, 0.29) is 5.82 Å². The van der Waals surface area contributed by atoms with E-state index in [1.165, 1.54) is 12.1 Å². The van der Waals surface area contributed by atoms with Gasteiger partial charge in [-0.25, -0.2) is 9.37 Å². The Labute approximate surface area is 137 Å². The standard InChI is InChI=1S/C17H15FN6/c1-23-11-15(9-20-23)21-17-19-8-13-5-6-24(16(13)22-17)10-12-3-2-4-14(18)7-12/h2-9,11H,10H2,1H3,(H,19,21,22). The summed E-state index contributed by atoms with van der Waals surface area (Å²) in [5.41, 5.74) is 2.49. The Morgan fingerprint density at radius 3 is 2.92 bits per heavy atom. The Hall–Kier alpha value is -3.22. The normalized spacial score (nSPS) is 11.1. The first-order chi connectivity index (χ1) is 11.7. The summed E-state index contributed by atoms with van der Waals surface area (Å²) >= 11 is 0. The molecule has 0 aliphatic heterocycles. The van der Waals surface area contributed by atoms with Crippen molar-refractivity contribution in [1.29, 1.82) is 0 Å². The third-order valence-electron chi connectivity index (χ3n) is 3.70. The molecule has 0 saturated heterocycles. The van der Waals surface area contributed by atoms with Crippen molar-refractivity contribution in [3.8, 4) is 0 Å². The number of hydrogen-bond donors (Lipinski definition) is 1. The predicted octanol–water partition coefficient (Wildman–Crippen LogP) is 3.10. The van der Waals surface area contributed by atoms with Crippen molar-refractivity contribution in [2.75, 3.05) is 5.32 Å². The van der Waals surface area contributed by atoms with Crippen LogP contribution >= 0.6 is 0 Å². The zero-order chi connectivity index (χ0) is 16.5. The molecule has 0 aliphatic rings. The molecule has 6 nitrogen and oxygen atoms in total. The van der Waals surface area contributed by atoms with Crippen LogP contribution in [0.15, 0.2) is 55.1 Å². The van der Waals surface area contributed by atoms with Crippen LogP contribution in [0, 0.1) is 5.82 Å². The summed E-state index contributed by atoms with van der Waals surface area (Å²) in [6, 6.07) is 8.52. The van der Waals surface area contributed by atoms with E-state index >= 15 is 0 Å². The lowest BCUT2D eigenvalue weighted by atomic mass is 10.2. The molecule has 3 aromatic heterocycles. The zero-order valence-corrected chi connectivity index (χ0v) is 13.0. The van der Waals surface area contributed by atoms with Crippen molar-refractivity contribution < 1.29 is 4.39 Å². The molecule has 1 N–H and O–H groups in total. The van der Waals surface area contributed by atoms with Gasteiger partial charge in [-0.3, -0.25) is 4.68 Å². The molecule has 1 aromatic carbocycles. The molecule has 0 saturated carbocycles. The van der Waals surface area contributed by atoms with Gasteiger partial charge in [0.15, 0.2) is 0 Å². The van der Waals surface area contributed by atoms with Crippen molar-refractivity contribution in [1.82, 2.24) is 24.3 Å². The molecule has 0 bridgehead atoms. The average Bonchev–Trinajstić information content (AvgIpc) is 3.14. The van der Waals surface area contributed by atoms with E-state index < -0.39 is 0 Å². The fourth-order valence-electron chi connectivity index (χ4n) is 2.61. The fraction of sp³-hybridized carbons (Fsp3) is 0.118.